The molecule has 0 unspecified atom stereocenters. The van der Waals surface area contributed by atoms with Gasteiger partial charge in [-0.3, -0.25) is 0 Å². The SMILES string of the molecule is Cc1ccc(CNc2nc3cc(C)ccc3s2)cc1. The standard InChI is InChI=1S/C16H16N2S/c1-11-3-6-13(7-4-11)10-17-16-18-14-9-12(2)5-8-15(14)19-16/h3-9H,10H2,1-2H3,(H,17,18). The van der Waals surface area contributed by atoms with Crippen LogP contribution in [0, 0.1) is 13.8 Å². The van der Waals surface area contributed by atoms with Gasteiger partial charge >= 0.3 is 0 Å². The van der Waals surface area contributed by atoms with E-state index in [9.17, 15) is 0 Å². The van der Waals surface area contributed by atoms with Crippen LogP contribution >= 0.6 is 11.3 Å². The zero-order valence-electron chi connectivity index (χ0n) is 11.1. The Kier molecular flexibility index (Phi) is 3.22. The van der Waals surface area contributed by atoms with Crippen LogP contribution in [0.1, 0.15) is 16.7 Å². The van der Waals surface area contributed by atoms with Gasteiger partial charge in [-0.2, -0.15) is 0 Å². The Bertz CT molecular complexity index is 698. The lowest BCUT2D eigenvalue weighted by Gasteiger charge is -2.02. The van der Waals surface area contributed by atoms with E-state index < -0.39 is 0 Å². The summed E-state index contributed by atoms with van der Waals surface area (Å²) in [7, 11) is 0. The molecule has 2 aromatic carbocycles. The molecule has 96 valence electrons. The van der Waals surface area contributed by atoms with Crippen LogP contribution in [0.3, 0.4) is 0 Å². The van der Waals surface area contributed by atoms with Crippen molar-refractivity contribution in [1.82, 2.24) is 4.98 Å². The van der Waals surface area contributed by atoms with E-state index in [1.165, 1.54) is 21.4 Å². The van der Waals surface area contributed by atoms with Crippen molar-refractivity contribution in [2.24, 2.45) is 0 Å². The summed E-state index contributed by atoms with van der Waals surface area (Å²) in [6.45, 7) is 5.02. The summed E-state index contributed by atoms with van der Waals surface area (Å²) in [5.74, 6) is 0. The fourth-order valence-corrected chi connectivity index (χ4v) is 2.84. The van der Waals surface area contributed by atoms with Gasteiger partial charge in [0.25, 0.3) is 0 Å². The fraction of sp³-hybridized carbons (Fsp3) is 0.188. The minimum Gasteiger partial charge on any atom is -0.357 e. The minimum absolute atomic E-state index is 0.819. The summed E-state index contributed by atoms with van der Waals surface area (Å²) in [5, 5.41) is 4.38. The molecular weight excluding hydrogens is 252 g/mol. The van der Waals surface area contributed by atoms with E-state index in [0.717, 1.165) is 17.2 Å². The van der Waals surface area contributed by atoms with Crippen molar-refractivity contribution in [2.75, 3.05) is 5.32 Å². The average molecular weight is 268 g/mol. The summed E-state index contributed by atoms with van der Waals surface area (Å²) in [6.07, 6.45) is 0. The summed E-state index contributed by atoms with van der Waals surface area (Å²) in [4.78, 5) is 4.61. The van der Waals surface area contributed by atoms with Crippen molar-refractivity contribution in [2.45, 2.75) is 20.4 Å². The van der Waals surface area contributed by atoms with Gasteiger partial charge in [-0.1, -0.05) is 47.2 Å². The molecule has 0 fully saturated rings. The first kappa shape index (κ1) is 12.2. The number of anilines is 1. The van der Waals surface area contributed by atoms with Gasteiger partial charge < -0.3 is 5.32 Å². The molecule has 0 radical (unpaired) electrons. The normalized spacial score (nSPS) is 10.8. The third-order valence-electron chi connectivity index (χ3n) is 3.11. The predicted molar refractivity (Wildman–Crippen MR) is 82.9 cm³/mol. The van der Waals surface area contributed by atoms with Gasteiger partial charge in [0.15, 0.2) is 5.13 Å². The van der Waals surface area contributed by atoms with E-state index in [-0.39, 0.29) is 0 Å². The Morgan fingerprint density at radius 2 is 1.74 bits per heavy atom. The van der Waals surface area contributed by atoms with Crippen LogP contribution in [0.2, 0.25) is 0 Å². The van der Waals surface area contributed by atoms with Crippen LogP contribution < -0.4 is 5.32 Å². The van der Waals surface area contributed by atoms with Gasteiger partial charge in [0.05, 0.1) is 10.2 Å². The van der Waals surface area contributed by atoms with Crippen molar-refractivity contribution in [1.29, 1.82) is 0 Å². The van der Waals surface area contributed by atoms with Crippen LogP contribution in [0.5, 0.6) is 0 Å². The zero-order chi connectivity index (χ0) is 13.2. The summed E-state index contributed by atoms with van der Waals surface area (Å²) < 4.78 is 1.23. The molecule has 1 aromatic heterocycles. The lowest BCUT2D eigenvalue weighted by Crippen LogP contribution is -1.98. The number of hydrogen-bond donors (Lipinski definition) is 1. The maximum atomic E-state index is 4.61. The summed E-state index contributed by atoms with van der Waals surface area (Å²) in [6, 6.07) is 15.0. The smallest absolute Gasteiger partial charge is 0.184 e. The first-order chi connectivity index (χ1) is 9.20. The Hall–Kier alpha value is -1.87. The summed E-state index contributed by atoms with van der Waals surface area (Å²) >= 11 is 1.71. The molecule has 2 nitrogen and oxygen atoms in total. The highest BCUT2D eigenvalue weighted by Gasteiger charge is 2.03. The molecule has 0 saturated carbocycles. The molecule has 0 atom stereocenters. The molecule has 3 heteroatoms. The molecule has 0 aliphatic carbocycles. The van der Waals surface area contributed by atoms with E-state index in [2.05, 4.69) is 66.6 Å². The molecule has 0 aliphatic heterocycles. The largest absolute Gasteiger partial charge is 0.357 e. The van der Waals surface area contributed by atoms with Gasteiger partial charge in [-0.15, -0.1) is 0 Å². The number of rotatable bonds is 3. The second-order valence-corrected chi connectivity index (χ2v) is 5.86. The third kappa shape index (κ3) is 2.76. The summed E-state index contributed by atoms with van der Waals surface area (Å²) in [5.41, 5.74) is 4.90. The van der Waals surface area contributed by atoms with Gasteiger partial charge in [-0.25, -0.2) is 4.98 Å². The topological polar surface area (TPSA) is 24.9 Å². The number of aryl methyl sites for hydroxylation is 2. The molecule has 0 saturated heterocycles. The van der Waals surface area contributed by atoms with E-state index in [0.29, 0.717) is 0 Å². The van der Waals surface area contributed by atoms with Crippen molar-refractivity contribution >= 4 is 26.7 Å². The van der Waals surface area contributed by atoms with E-state index in [4.69, 9.17) is 0 Å². The van der Waals surface area contributed by atoms with Crippen molar-refractivity contribution in [3.8, 4) is 0 Å². The van der Waals surface area contributed by atoms with Gasteiger partial charge in [-0.05, 0) is 37.1 Å². The molecule has 0 aliphatic rings. The van der Waals surface area contributed by atoms with Crippen LogP contribution in [0.25, 0.3) is 10.2 Å². The predicted octanol–water partition coefficient (Wildman–Crippen LogP) is 4.53. The molecule has 3 aromatic rings. The Morgan fingerprint density at radius 3 is 2.53 bits per heavy atom. The lowest BCUT2D eigenvalue weighted by molar-refractivity contribution is 1.14. The number of fused-ring (bicyclic) bond motifs is 1. The van der Waals surface area contributed by atoms with Gasteiger partial charge in [0.2, 0.25) is 0 Å². The number of nitrogens with one attached hydrogen (secondary N) is 1. The highest BCUT2D eigenvalue weighted by molar-refractivity contribution is 7.22. The number of thiazole rings is 1. The van der Waals surface area contributed by atoms with Gasteiger partial charge in [0.1, 0.15) is 0 Å². The molecule has 19 heavy (non-hydrogen) atoms. The average Bonchev–Trinajstić information content (AvgIpc) is 2.80. The maximum Gasteiger partial charge on any atom is 0.184 e. The maximum absolute atomic E-state index is 4.61. The Morgan fingerprint density at radius 1 is 1.00 bits per heavy atom. The number of hydrogen-bond acceptors (Lipinski definition) is 3. The third-order valence-corrected chi connectivity index (χ3v) is 4.10. The van der Waals surface area contributed by atoms with Crippen LogP contribution in [0.15, 0.2) is 42.5 Å². The van der Waals surface area contributed by atoms with Crippen LogP contribution in [-0.2, 0) is 6.54 Å². The number of nitrogens with zero attached hydrogens (tertiary/aromatic N) is 1. The quantitative estimate of drug-likeness (QED) is 0.755. The molecule has 3 rings (SSSR count). The zero-order valence-corrected chi connectivity index (χ0v) is 11.9. The monoisotopic (exact) mass is 268 g/mol. The molecule has 0 amide bonds. The van der Waals surface area contributed by atoms with Crippen LogP contribution in [0.4, 0.5) is 5.13 Å². The highest BCUT2D eigenvalue weighted by atomic mass is 32.1. The molecule has 0 bridgehead atoms. The minimum atomic E-state index is 0.819. The van der Waals surface area contributed by atoms with Crippen LogP contribution in [-0.4, -0.2) is 4.98 Å². The lowest BCUT2D eigenvalue weighted by atomic mass is 10.1. The second kappa shape index (κ2) is 5.02. The van der Waals surface area contributed by atoms with E-state index >= 15 is 0 Å². The molecule has 0 spiro atoms. The Balaban J connectivity index is 1.76. The molecule has 1 N–H and O–H groups in total. The number of benzene rings is 2. The Labute approximate surface area is 117 Å². The highest BCUT2D eigenvalue weighted by Crippen LogP contribution is 2.26. The first-order valence-electron chi connectivity index (χ1n) is 6.37. The van der Waals surface area contributed by atoms with E-state index in [1.807, 2.05) is 0 Å². The fourth-order valence-electron chi connectivity index (χ4n) is 2.00. The van der Waals surface area contributed by atoms with E-state index in [1.54, 1.807) is 11.3 Å². The molecule has 1 heterocycles. The van der Waals surface area contributed by atoms with Gasteiger partial charge in [0, 0.05) is 6.54 Å². The number of aromatic nitrogens is 1. The van der Waals surface area contributed by atoms with Crippen molar-refractivity contribution in [3.05, 3.63) is 59.2 Å². The first-order valence-corrected chi connectivity index (χ1v) is 7.19. The van der Waals surface area contributed by atoms with Crippen molar-refractivity contribution in [3.63, 3.8) is 0 Å². The van der Waals surface area contributed by atoms with Crippen molar-refractivity contribution < 1.29 is 0 Å². The second-order valence-electron chi connectivity index (χ2n) is 4.83. The molecular formula is C16H16N2S.